The van der Waals surface area contributed by atoms with Gasteiger partial charge in [0.1, 0.15) is 18.2 Å². The standard InChI is InChI=1S/C25H23N9O2/c1-14-4-8-21(33-30-14)28-17-6-7-20-18(11-17)27-13-34(20)22-9-5-16(10-23(35)36-3)25(29-22)24-15(2)31-32-19(24)12-26/h4-9,11,13,23,35H,10H2,1-3H3,(H,28,33)(H,31,32)/t23-/m1/s1. The summed E-state index contributed by atoms with van der Waals surface area (Å²) in [7, 11) is 1.43. The van der Waals surface area contributed by atoms with E-state index in [0.29, 0.717) is 28.6 Å². The number of aliphatic hydroxyl groups is 1. The number of benzene rings is 1. The molecule has 11 nitrogen and oxygen atoms in total. The average molecular weight is 482 g/mol. The zero-order valence-electron chi connectivity index (χ0n) is 19.9. The van der Waals surface area contributed by atoms with Crippen molar-refractivity contribution in [3.8, 4) is 23.1 Å². The summed E-state index contributed by atoms with van der Waals surface area (Å²) in [6, 6.07) is 15.4. The summed E-state index contributed by atoms with van der Waals surface area (Å²) in [5, 5.41) is 38.1. The number of aromatic nitrogens is 7. The van der Waals surface area contributed by atoms with Crippen LogP contribution in [-0.2, 0) is 11.2 Å². The van der Waals surface area contributed by atoms with Gasteiger partial charge >= 0.3 is 0 Å². The minimum Gasteiger partial charge on any atom is -0.368 e. The van der Waals surface area contributed by atoms with Crippen LogP contribution in [0.25, 0.3) is 28.1 Å². The molecule has 3 N–H and O–H groups in total. The van der Waals surface area contributed by atoms with Crippen molar-refractivity contribution in [1.29, 1.82) is 5.26 Å². The number of anilines is 2. The topological polar surface area (TPSA) is 150 Å². The van der Waals surface area contributed by atoms with Crippen molar-refractivity contribution in [2.24, 2.45) is 0 Å². The maximum absolute atomic E-state index is 10.1. The van der Waals surface area contributed by atoms with E-state index in [1.807, 2.05) is 60.9 Å². The van der Waals surface area contributed by atoms with E-state index in [-0.39, 0.29) is 12.1 Å². The van der Waals surface area contributed by atoms with Gasteiger partial charge < -0.3 is 15.2 Å². The first-order valence-electron chi connectivity index (χ1n) is 11.2. The highest BCUT2D eigenvalue weighted by molar-refractivity contribution is 5.82. The lowest BCUT2D eigenvalue weighted by atomic mass is 10.0. The van der Waals surface area contributed by atoms with Gasteiger partial charge in [-0.2, -0.15) is 15.5 Å². The van der Waals surface area contributed by atoms with Crippen molar-refractivity contribution in [1.82, 2.24) is 34.9 Å². The lowest BCUT2D eigenvalue weighted by Crippen LogP contribution is -2.14. The first-order valence-corrected chi connectivity index (χ1v) is 11.2. The van der Waals surface area contributed by atoms with Crippen LogP contribution in [-0.4, -0.2) is 53.4 Å². The Morgan fingerprint density at radius 2 is 2.03 bits per heavy atom. The molecule has 0 saturated carbocycles. The SMILES string of the molecule is CO[C@@H](O)Cc1ccc(-n2cnc3cc(Nc4ccc(C)nn4)ccc32)nc1-c1c(C#N)n[nH]c1C. The Morgan fingerprint density at radius 3 is 2.78 bits per heavy atom. The van der Waals surface area contributed by atoms with Gasteiger partial charge in [0.2, 0.25) is 0 Å². The van der Waals surface area contributed by atoms with Crippen LogP contribution < -0.4 is 5.32 Å². The third kappa shape index (κ3) is 4.38. The first kappa shape index (κ1) is 23.1. The van der Waals surface area contributed by atoms with Crippen LogP contribution >= 0.6 is 0 Å². The van der Waals surface area contributed by atoms with Gasteiger partial charge in [0.15, 0.2) is 17.8 Å². The zero-order chi connectivity index (χ0) is 25.2. The molecule has 5 aromatic rings. The second-order valence-corrected chi connectivity index (χ2v) is 8.26. The fourth-order valence-corrected chi connectivity index (χ4v) is 3.95. The van der Waals surface area contributed by atoms with Crippen LogP contribution in [0, 0.1) is 25.2 Å². The predicted octanol–water partition coefficient (Wildman–Crippen LogP) is 3.34. The molecule has 0 fully saturated rings. The highest BCUT2D eigenvalue weighted by Gasteiger charge is 2.20. The first-order chi connectivity index (χ1) is 17.5. The van der Waals surface area contributed by atoms with E-state index in [1.54, 1.807) is 6.33 Å². The van der Waals surface area contributed by atoms with Gasteiger partial charge in [-0.1, -0.05) is 6.07 Å². The molecule has 4 heterocycles. The van der Waals surface area contributed by atoms with E-state index < -0.39 is 6.29 Å². The lowest BCUT2D eigenvalue weighted by molar-refractivity contribution is -0.0720. The smallest absolute Gasteiger partial charge is 0.171 e. The lowest BCUT2D eigenvalue weighted by Gasteiger charge is -2.14. The maximum Gasteiger partial charge on any atom is 0.171 e. The molecule has 5 rings (SSSR count). The molecule has 0 unspecified atom stereocenters. The normalized spacial score (nSPS) is 12.0. The number of ether oxygens (including phenoxy) is 1. The third-order valence-electron chi connectivity index (χ3n) is 5.78. The second kappa shape index (κ2) is 9.53. The van der Waals surface area contributed by atoms with Crippen molar-refractivity contribution in [3.63, 3.8) is 0 Å². The summed E-state index contributed by atoms with van der Waals surface area (Å²) in [5.74, 6) is 1.25. The summed E-state index contributed by atoms with van der Waals surface area (Å²) in [5.41, 5.74) is 6.09. The quantitative estimate of drug-likeness (QED) is 0.297. The third-order valence-corrected chi connectivity index (χ3v) is 5.78. The molecular formula is C25H23N9O2. The summed E-state index contributed by atoms with van der Waals surface area (Å²) in [6.45, 7) is 3.71. The molecule has 0 aliphatic carbocycles. The number of pyridine rings is 1. The maximum atomic E-state index is 10.1. The summed E-state index contributed by atoms with van der Waals surface area (Å²) >= 11 is 0. The van der Waals surface area contributed by atoms with Gasteiger partial charge in [-0.25, -0.2) is 9.97 Å². The van der Waals surface area contributed by atoms with Crippen LogP contribution in [0.2, 0.25) is 0 Å². The number of aliphatic hydroxyl groups excluding tert-OH is 1. The number of aromatic amines is 1. The molecule has 36 heavy (non-hydrogen) atoms. The highest BCUT2D eigenvalue weighted by atomic mass is 16.6. The molecule has 0 radical (unpaired) electrons. The molecule has 1 atom stereocenters. The van der Waals surface area contributed by atoms with Crippen LogP contribution in [0.5, 0.6) is 0 Å². The van der Waals surface area contributed by atoms with Gasteiger partial charge in [-0.15, -0.1) is 5.10 Å². The highest BCUT2D eigenvalue weighted by Crippen LogP contribution is 2.30. The fourth-order valence-electron chi connectivity index (χ4n) is 3.95. The van der Waals surface area contributed by atoms with Gasteiger partial charge in [-0.05, 0) is 55.8 Å². The van der Waals surface area contributed by atoms with E-state index in [9.17, 15) is 10.4 Å². The minimum absolute atomic E-state index is 0.205. The number of nitrogens with one attached hydrogen (secondary N) is 2. The number of imidazole rings is 1. The number of hydrogen-bond donors (Lipinski definition) is 3. The second-order valence-electron chi connectivity index (χ2n) is 8.26. The van der Waals surface area contributed by atoms with Crippen LogP contribution in [0.4, 0.5) is 11.5 Å². The molecule has 0 aliphatic heterocycles. The van der Waals surface area contributed by atoms with Crippen LogP contribution in [0.3, 0.4) is 0 Å². The van der Waals surface area contributed by atoms with Crippen LogP contribution in [0.15, 0.2) is 48.8 Å². The predicted molar refractivity (Wildman–Crippen MR) is 133 cm³/mol. The molecule has 0 spiro atoms. The molecular weight excluding hydrogens is 458 g/mol. The number of nitrogens with zero attached hydrogens (tertiary/aromatic N) is 7. The Hall–Kier alpha value is -4.66. The molecule has 0 saturated heterocycles. The number of rotatable bonds is 7. The van der Waals surface area contributed by atoms with Gasteiger partial charge in [0.25, 0.3) is 0 Å². The molecule has 1 aromatic carbocycles. The molecule has 0 aliphatic rings. The minimum atomic E-state index is -1.01. The van der Waals surface area contributed by atoms with E-state index in [1.165, 1.54) is 7.11 Å². The number of aryl methyl sites for hydroxylation is 2. The number of H-pyrrole nitrogens is 1. The molecule has 4 aromatic heterocycles. The van der Waals surface area contributed by atoms with Crippen molar-refractivity contribution in [2.45, 2.75) is 26.6 Å². The monoisotopic (exact) mass is 481 g/mol. The number of hydrogen-bond acceptors (Lipinski definition) is 9. The van der Waals surface area contributed by atoms with Crippen molar-refractivity contribution in [2.75, 3.05) is 12.4 Å². The summed E-state index contributed by atoms with van der Waals surface area (Å²) < 4.78 is 6.91. The van der Waals surface area contributed by atoms with Gasteiger partial charge in [-0.3, -0.25) is 9.67 Å². The van der Waals surface area contributed by atoms with E-state index in [0.717, 1.165) is 28.0 Å². The summed E-state index contributed by atoms with van der Waals surface area (Å²) in [6.07, 6.45) is 0.895. The van der Waals surface area contributed by atoms with Crippen LogP contribution in [0.1, 0.15) is 22.6 Å². The Balaban J connectivity index is 1.55. The summed E-state index contributed by atoms with van der Waals surface area (Å²) in [4.78, 5) is 9.43. The van der Waals surface area contributed by atoms with Gasteiger partial charge in [0, 0.05) is 24.9 Å². The Morgan fingerprint density at radius 1 is 1.17 bits per heavy atom. The zero-order valence-corrected chi connectivity index (χ0v) is 19.9. The number of methoxy groups -OCH3 is 1. The number of fused-ring (bicyclic) bond motifs is 1. The molecule has 180 valence electrons. The average Bonchev–Trinajstić information content (AvgIpc) is 3.48. The van der Waals surface area contributed by atoms with Crippen molar-refractivity contribution in [3.05, 3.63) is 71.4 Å². The Kier molecular flexibility index (Phi) is 6.12. The fraction of sp³-hybridized carbons (Fsp3) is 0.200. The van der Waals surface area contributed by atoms with Gasteiger partial charge in [0.05, 0.1) is 28.0 Å². The van der Waals surface area contributed by atoms with E-state index >= 15 is 0 Å². The van der Waals surface area contributed by atoms with Crippen molar-refractivity contribution >= 4 is 22.5 Å². The Labute approximate surface area is 206 Å². The number of nitriles is 1. The molecule has 11 heteroatoms. The van der Waals surface area contributed by atoms with E-state index in [4.69, 9.17) is 9.72 Å². The van der Waals surface area contributed by atoms with Crippen molar-refractivity contribution < 1.29 is 9.84 Å². The largest absolute Gasteiger partial charge is 0.368 e. The molecule has 0 bridgehead atoms. The Bertz CT molecular complexity index is 1580. The molecule has 0 amide bonds. The van der Waals surface area contributed by atoms with E-state index in [2.05, 4.69) is 36.8 Å².